The fourth-order valence-corrected chi connectivity index (χ4v) is 3.95. The Kier molecular flexibility index (Phi) is 6.68. The van der Waals surface area contributed by atoms with Crippen LogP contribution in [0.4, 0.5) is 0 Å². The van der Waals surface area contributed by atoms with Crippen molar-refractivity contribution in [1.82, 2.24) is 10.2 Å². The van der Waals surface area contributed by atoms with Gasteiger partial charge in [-0.05, 0) is 72.4 Å². The number of hydrogen-bond acceptors (Lipinski definition) is 3. The van der Waals surface area contributed by atoms with Gasteiger partial charge in [-0.1, -0.05) is 42.5 Å². The van der Waals surface area contributed by atoms with Crippen molar-refractivity contribution in [2.45, 2.75) is 33.4 Å². The first-order valence-electron chi connectivity index (χ1n) is 10.9. The van der Waals surface area contributed by atoms with Gasteiger partial charge in [0, 0.05) is 25.2 Å². The molecule has 0 aliphatic carbocycles. The largest absolute Gasteiger partial charge is 0.492 e. The number of hydrogen-bond donors (Lipinski definition) is 1. The third-order valence-corrected chi connectivity index (χ3v) is 5.97. The van der Waals surface area contributed by atoms with Gasteiger partial charge in [0.1, 0.15) is 12.4 Å². The van der Waals surface area contributed by atoms with Crippen LogP contribution < -0.4 is 10.1 Å². The van der Waals surface area contributed by atoms with Crippen molar-refractivity contribution < 1.29 is 9.53 Å². The van der Waals surface area contributed by atoms with E-state index in [1.807, 2.05) is 30.3 Å². The van der Waals surface area contributed by atoms with Crippen LogP contribution in [0.2, 0.25) is 0 Å². The highest BCUT2D eigenvalue weighted by atomic mass is 16.5. The van der Waals surface area contributed by atoms with Gasteiger partial charge in [0.05, 0.1) is 6.54 Å². The van der Waals surface area contributed by atoms with Crippen molar-refractivity contribution in [3.8, 4) is 5.75 Å². The minimum atomic E-state index is -0.0675. The van der Waals surface area contributed by atoms with Gasteiger partial charge in [0.25, 0.3) is 5.91 Å². The summed E-state index contributed by atoms with van der Waals surface area (Å²) in [5.74, 6) is 0.768. The highest BCUT2D eigenvalue weighted by molar-refractivity contribution is 5.94. The van der Waals surface area contributed by atoms with E-state index < -0.39 is 0 Å². The average molecular weight is 415 g/mol. The predicted molar refractivity (Wildman–Crippen MR) is 124 cm³/mol. The van der Waals surface area contributed by atoms with Crippen LogP contribution in [-0.2, 0) is 19.5 Å². The number of ether oxygens (including phenoxy) is 1. The lowest BCUT2D eigenvalue weighted by atomic mass is 9.99. The molecule has 0 bridgehead atoms. The highest BCUT2D eigenvalue weighted by Gasteiger charge is 2.16. The van der Waals surface area contributed by atoms with E-state index in [-0.39, 0.29) is 5.91 Å². The lowest BCUT2D eigenvalue weighted by Gasteiger charge is -2.28. The van der Waals surface area contributed by atoms with E-state index >= 15 is 0 Å². The standard InChI is InChI=1S/C27H30N2O2/c1-20-7-12-26(17-21(20)2)31-16-14-28-27(30)24-10-8-22(9-11-24)18-29-15-13-23-5-3-4-6-25(23)19-29/h3-12,17H,13-16,18-19H2,1-2H3,(H,28,30). The first kappa shape index (κ1) is 21.1. The number of rotatable bonds is 7. The molecule has 0 atom stereocenters. The fraction of sp³-hybridized carbons (Fsp3) is 0.296. The topological polar surface area (TPSA) is 41.6 Å². The summed E-state index contributed by atoms with van der Waals surface area (Å²) < 4.78 is 5.74. The lowest BCUT2D eigenvalue weighted by molar-refractivity contribution is 0.0947. The Balaban J connectivity index is 1.23. The second-order valence-electron chi connectivity index (χ2n) is 8.28. The summed E-state index contributed by atoms with van der Waals surface area (Å²) in [5.41, 5.74) is 7.25. The van der Waals surface area contributed by atoms with Crippen molar-refractivity contribution in [3.63, 3.8) is 0 Å². The Bertz CT molecular complexity index is 1040. The van der Waals surface area contributed by atoms with Crippen LogP contribution in [0, 0.1) is 13.8 Å². The Morgan fingerprint density at radius 3 is 2.52 bits per heavy atom. The molecule has 4 heteroatoms. The van der Waals surface area contributed by atoms with Crippen LogP contribution in [0.1, 0.15) is 38.2 Å². The lowest BCUT2D eigenvalue weighted by Crippen LogP contribution is -2.30. The first-order valence-corrected chi connectivity index (χ1v) is 10.9. The van der Waals surface area contributed by atoms with E-state index in [0.29, 0.717) is 18.7 Å². The maximum absolute atomic E-state index is 12.4. The molecule has 160 valence electrons. The molecule has 0 radical (unpaired) electrons. The molecule has 1 aliphatic rings. The first-order chi connectivity index (χ1) is 15.1. The van der Waals surface area contributed by atoms with Gasteiger partial charge in [-0.15, -0.1) is 0 Å². The maximum Gasteiger partial charge on any atom is 0.251 e. The van der Waals surface area contributed by atoms with Gasteiger partial charge in [-0.2, -0.15) is 0 Å². The molecule has 1 aliphatic heterocycles. The number of amides is 1. The number of benzene rings is 3. The monoisotopic (exact) mass is 414 g/mol. The van der Waals surface area contributed by atoms with Gasteiger partial charge >= 0.3 is 0 Å². The van der Waals surface area contributed by atoms with Crippen molar-refractivity contribution in [2.24, 2.45) is 0 Å². The third-order valence-electron chi connectivity index (χ3n) is 5.97. The summed E-state index contributed by atoms with van der Waals surface area (Å²) in [6, 6.07) is 22.7. The van der Waals surface area contributed by atoms with E-state index in [1.165, 1.54) is 27.8 Å². The maximum atomic E-state index is 12.4. The molecule has 0 saturated carbocycles. The van der Waals surface area contributed by atoms with Crippen molar-refractivity contribution in [1.29, 1.82) is 0 Å². The summed E-state index contributed by atoms with van der Waals surface area (Å²) in [5, 5.41) is 2.93. The van der Waals surface area contributed by atoms with Crippen molar-refractivity contribution in [3.05, 3.63) is 100 Å². The van der Waals surface area contributed by atoms with Crippen LogP contribution in [-0.4, -0.2) is 30.5 Å². The number of carbonyl (C=O) groups excluding carboxylic acids is 1. The Labute approximate surface area is 184 Å². The second kappa shape index (κ2) is 9.80. The molecule has 4 nitrogen and oxygen atoms in total. The SMILES string of the molecule is Cc1ccc(OCCNC(=O)c2ccc(CN3CCc4ccccc4C3)cc2)cc1C. The minimum Gasteiger partial charge on any atom is -0.492 e. The Morgan fingerprint density at radius 2 is 1.74 bits per heavy atom. The van der Waals surface area contributed by atoms with Gasteiger partial charge in [0.2, 0.25) is 0 Å². The molecular weight excluding hydrogens is 384 g/mol. The molecule has 0 saturated heterocycles. The molecule has 3 aromatic rings. The average Bonchev–Trinajstić information content (AvgIpc) is 2.79. The molecule has 0 aromatic heterocycles. The Hall–Kier alpha value is -3.11. The smallest absolute Gasteiger partial charge is 0.251 e. The fourth-order valence-electron chi connectivity index (χ4n) is 3.95. The van der Waals surface area contributed by atoms with Crippen LogP contribution >= 0.6 is 0 Å². The molecular formula is C27H30N2O2. The zero-order chi connectivity index (χ0) is 21.6. The van der Waals surface area contributed by atoms with Gasteiger partial charge < -0.3 is 10.1 Å². The second-order valence-corrected chi connectivity index (χ2v) is 8.28. The van der Waals surface area contributed by atoms with Gasteiger partial charge in [0.15, 0.2) is 0 Å². The van der Waals surface area contributed by atoms with Gasteiger partial charge in [-0.3, -0.25) is 9.69 Å². The van der Waals surface area contributed by atoms with Crippen LogP contribution in [0.3, 0.4) is 0 Å². The number of nitrogens with one attached hydrogen (secondary N) is 1. The van der Waals surface area contributed by atoms with Crippen LogP contribution in [0.25, 0.3) is 0 Å². The van der Waals surface area contributed by atoms with Crippen LogP contribution in [0.15, 0.2) is 66.7 Å². The molecule has 31 heavy (non-hydrogen) atoms. The normalized spacial score (nSPS) is 13.5. The number of aryl methyl sites for hydroxylation is 2. The van der Waals surface area contributed by atoms with E-state index in [4.69, 9.17) is 4.74 Å². The summed E-state index contributed by atoms with van der Waals surface area (Å²) in [6.07, 6.45) is 1.10. The molecule has 1 amide bonds. The minimum absolute atomic E-state index is 0.0675. The van der Waals surface area contributed by atoms with E-state index in [1.54, 1.807) is 0 Å². The molecule has 0 unspecified atom stereocenters. The van der Waals surface area contributed by atoms with Gasteiger partial charge in [-0.25, -0.2) is 0 Å². The zero-order valence-electron chi connectivity index (χ0n) is 18.4. The summed E-state index contributed by atoms with van der Waals surface area (Å²) in [4.78, 5) is 14.9. The third kappa shape index (κ3) is 5.53. The summed E-state index contributed by atoms with van der Waals surface area (Å²) >= 11 is 0. The summed E-state index contributed by atoms with van der Waals surface area (Å²) in [6.45, 7) is 8.02. The predicted octanol–water partition coefficient (Wildman–Crippen LogP) is 4.67. The highest BCUT2D eigenvalue weighted by Crippen LogP contribution is 2.20. The van der Waals surface area contributed by atoms with E-state index in [2.05, 4.69) is 60.5 Å². The molecule has 1 heterocycles. The quantitative estimate of drug-likeness (QED) is 0.571. The summed E-state index contributed by atoms with van der Waals surface area (Å²) in [7, 11) is 0. The Morgan fingerprint density at radius 1 is 0.968 bits per heavy atom. The van der Waals surface area contributed by atoms with E-state index in [9.17, 15) is 4.79 Å². The molecule has 1 N–H and O–H groups in total. The number of nitrogens with zero attached hydrogens (tertiary/aromatic N) is 1. The van der Waals surface area contributed by atoms with Crippen LogP contribution in [0.5, 0.6) is 5.75 Å². The number of carbonyl (C=O) groups is 1. The van der Waals surface area contributed by atoms with Crippen molar-refractivity contribution in [2.75, 3.05) is 19.7 Å². The van der Waals surface area contributed by atoms with E-state index in [0.717, 1.165) is 31.8 Å². The molecule has 0 spiro atoms. The molecule has 3 aromatic carbocycles. The molecule has 0 fully saturated rings. The van der Waals surface area contributed by atoms with Crippen molar-refractivity contribution >= 4 is 5.91 Å². The molecule has 4 rings (SSSR count). The number of fused-ring (bicyclic) bond motifs is 1. The zero-order valence-corrected chi connectivity index (χ0v) is 18.4.